The van der Waals surface area contributed by atoms with E-state index in [0.717, 1.165) is 25.8 Å². The highest BCUT2D eigenvalue weighted by Gasteiger charge is 2.07. The van der Waals surface area contributed by atoms with Gasteiger partial charge < -0.3 is 5.32 Å². The summed E-state index contributed by atoms with van der Waals surface area (Å²) in [5.41, 5.74) is 1.26. The zero-order valence-electron chi connectivity index (χ0n) is 9.24. The van der Waals surface area contributed by atoms with E-state index in [1.54, 1.807) is 6.20 Å². The van der Waals surface area contributed by atoms with Crippen LogP contribution in [0, 0.1) is 12.3 Å². The van der Waals surface area contributed by atoms with Gasteiger partial charge in [0.1, 0.15) is 0 Å². The van der Waals surface area contributed by atoms with E-state index in [4.69, 9.17) is 6.42 Å². The summed E-state index contributed by atoms with van der Waals surface area (Å²) >= 11 is 0. The molecule has 0 saturated heterocycles. The lowest BCUT2D eigenvalue weighted by Crippen LogP contribution is -2.30. The highest BCUT2D eigenvalue weighted by atomic mass is 14.9. The van der Waals surface area contributed by atoms with E-state index in [1.807, 2.05) is 12.3 Å². The van der Waals surface area contributed by atoms with Crippen LogP contribution in [0.2, 0.25) is 0 Å². The van der Waals surface area contributed by atoms with E-state index >= 15 is 0 Å². The van der Waals surface area contributed by atoms with Gasteiger partial charge in [0.05, 0.1) is 0 Å². The molecule has 1 aromatic heterocycles. The van der Waals surface area contributed by atoms with Crippen molar-refractivity contribution in [2.75, 3.05) is 6.54 Å². The van der Waals surface area contributed by atoms with Crippen molar-refractivity contribution >= 4 is 0 Å². The third-order valence-electron chi connectivity index (χ3n) is 2.33. The molecule has 0 fully saturated rings. The molecule has 0 aromatic carbocycles. The number of pyridine rings is 1. The van der Waals surface area contributed by atoms with Gasteiger partial charge in [0.25, 0.3) is 0 Å². The van der Waals surface area contributed by atoms with Gasteiger partial charge in [-0.3, -0.25) is 4.98 Å². The topological polar surface area (TPSA) is 24.9 Å². The van der Waals surface area contributed by atoms with Gasteiger partial charge >= 0.3 is 0 Å². The summed E-state index contributed by atoms with van der Waals surface area (Å²) in [5, 5.41) is 3.44. The Morgan fingerprint density at radius 3 is 3.07 bits per heavy atom. The molecule has 2 nitrogen and oxygen atoms in total. The normalized spacial score (nSPS) is 12.0. The van der Waals surface area contributed by atoms with Crippen LogP contribution < -0.4 is 5.32 Å². The fourth-order valence-corrected chi connectivity index (χ4v) is 1.63. The minimum atomic E-state index is 0.468. The minimum Gasteiger partial charge on any atom is -0.314 e. The molecular weight excluding hydrogens is 184 g/mol. The summed E-state index contributed by atoms with van der Waals surface area (Å²) in [7, 11) is 0. The first-order valence-electron chi connectivity index (χ1n) is 5.42. The predicted octanol–water partition coefficient (Wildman–Crippen LogP) is 2.02. The van der Waals surface area contributed by atoms with Crippen molar-refractivity contribution in [2.24, 2.45) is 0 Å². The Labute approximate surface area is 92.1 Å². The Bertz CT molecular complexity index is 300. The Hall–Kier alpha value is -1.33. The molecule has 0 bridgehead atoms. The highest BCUT2D eigenvalue weighted by molar-refractivity contribution is 5.10. The maximum absolute atomic E-state index is 5.28. The van der Waals surface area contributed by atoms with Crippen molar-refractivity contribution in [3.63, 3.8) is 0 Å². The quantitative estimate of drug-likeness (QED) is 0.714. The first-order chi connectivity index (χ1) is 7.36. The van der Waals surface area contributed by atoms with Crippen LogP contribution in [-0.2, 0) is 6.42 Å². The number of nitrogens with zero attached hydrogens (tertiary/aromatic N) is 1. The monoisotopic (exact) mass is 202 g/mol. The van der Waals surface area contributed by atoms with Gasteiger partial charge in [-0.15, -0.1) is 12.3 Å². The molecule has 0 aliphatic rings. The number of aromatic nitrogens is 1. The smallest absolute Gasteiger partial charge is 0.0300 e. The molecular formula is C13H18N2. The molecule has 1 heterocycles. The van der Waals surface area contributed by atoms with E-state index in [-0.39, 0.29) is 0 Å². The van der Waals surface area contributed by atoms with Crippen LogP contribution in [0.25, 0.3) is 0 Å². The summed E-state index contributed by atoms with van der Waals surface area (Å²) in [6, 6.07) is 4.54. The lowest BCUT2D eigenvalue weighted by atomic mass is 10.0. The van der Waals surface area contributed by atoms with Gasteiger partial charge in [-0.05, 0) is 31.0 Å². The number of likely N-dealkylation sites (N-methyl/N-ethyl adjacent to an activating group) is 1. The SMILES string of the molecule is C#CCCC(Cc1cccnc1)NCC. The summed E-state index contributed by atoms with van der Waals surface area (Å²) < 4.78 is 0. The molecule has 1 rings (SSSR count). The molecule has 0 aliphatic heterocycles. The van der Waals surface area contributed by atoms with Crippen LogP contribution in [0.5, 0.6) is 0 Å². The fourth-order valence-electron chi connectivity index (χ4n) is 1.63. The van der Waals surface area contributed by atoms with E-state index < -0.39 is 0 Å². The van der Waals surface area contributed by atoms with Gasteiger partial charge in [0.15, 0.2) is 0 Å². The van der Waals surface area contributed by atoms with Gasteiger partial charge in [-0.2, -0.15) is 0 Å². The standard InChI is InChI=1S/C13H18N2/c1-3-5-8-13(15-4-2)10-12-7-6-9-14-11-12/h1,6-7,9,11,13,15H,4-5,8,10H2,2H3. The van der Waals surface area contributed by atoms with E-state index in [0.29, 0.717) is 6.04 Å². The van der Waals surface area contributed by atoms with Crippen molar-refractivity contribution in [1.29, 1.82) is 0 Å². The fraction of sp³-hybridized carbons (Fsp3) is 0.462. The molecule has 0 aliphatic carbocycles. The molecule has 1 aromatic rings. The number of hydrogen-bond donors (Lipinski definition) is 1. The zero-order chi connectivity index (χ0) is 10.9. The second-order valence-electron chi connectivity index (χ2n) is 3.56. The first kappa shape index (κ1) is 11.7. The Morgan fingerprint density at radius 1 is 1.60 bits per heavy atom. The third kappa shape index (κ3) is 4.62. The zero-order valence-corrected chi connectivity index (χ0v) is 9.24. The second kappa shape index (κ2) is 7.03. The molecule has 1 atom stereocenters. The van der Waals surface area contributed by atoms with Gasteiger partial charge in [0.2, 0.25) is 0 Å². The lowest BCUT2D eigenvalue weighted by molar-refractivity contribution is 0.497. The Kier molecular flexibility index (Phi) is 5.50. The first-order valence-corrected chi connectivity index (χ1v) is 5.42. The van der Waals surface area contributed by atoms with Crippen molar-refractivity contribution < 1.29 is 0 Å². The molecule has 0 amide bonds. The van der Waals surface area contributed by atoms with Crippen molar-refractivity contribution in [1.82, 2.24) is 10.3 Å². The second-order valence-corrected chi connectivity index (χ2v) is 3.56. The molecule has 1 N–H and O–H groups in total. The summed E-state index contributed by atoms with van der Waals surface area (Å²) in [6.45, 7) is 3.10. The number of hydrogen-bond acceptors (Lipinski definition) is 2. The number of terminal acetylenes is 1. The van der Waals surface area contributed by atoms with E-state index in [1.165, 1.54) is 5.56 Å². The van der Waals surface area contributed by atoms with Crippen molar-refractivity contribution in [3.05, 3.63) is 30.1 Å². The molecule has 0 radical (unpaired) electrons. The minimum absolute atomic E-state index is 0.468. The molecule has 15 heavy (non-hydrogen) atoms. The van der Waals surface area contributed by atoms with Crippen LogP contribution in [0.4, 0.5) is 0 Å². The summed E-state index contributed by atoms with van der Waals surface area (Å²) in [4.78, 5) is 4.11. The summed E-state index contributed by atoms with van der Waals surface area (Å²) in [5.74, 6) is 2.69. The van der Waals surface area contributed by atoms with Crippen LogP contribution in [0.3, 0.4) is 0 Å². The third-order valence-corrected chi connectivity index (χ3v) is 2.33. The van der Waals surface area contributed by atoms with Crippen LogP contribution >= 0.6 is 0 Å². The lowest BCUT2D eigenvalue weighted by Gasteiger charge is -2.16. The number of rotatable bonds is 6. The van der Waals surface area contributed by atoms with Crippen molar-refractivity contribution in [3.8, 4) is 12.3 Å². The maximum atomic E-state index is 5.28. The van der Waals surface area contributed by atoms with Gasteiger partial charge in [-0.25, -0.2) is 0 Å². The summed E-state index contributed by atoms with van der Waals surface area (Å²) in [6.07, 6.45) is 11.9. The Balaban J connectivity index is 2.47. The van der Waals surface area contributed by atoms with Gasteiger partial charge in [-0.1, -0.05) is 13.0 Å². The van der Waals surface area contributed by atoms with Crippen molar-refractivity contribution in [2.45, 2.75) is 32.2 Å². The predicted molar refractivity (Wildman–Crippen MR) is 63.5 cm³/mol. The van der Waals surface area contributed by atoms with E-state index in [2.05, 4.69) is 29.2 Å². The van der Waals surface area contributed by atoms with Crippen LogP contribution in [0.1, 0.15) is 25.3 Å². The van der Waals surface area contributed by atoms with Gasteiger partial charge in [0, 0.05) is 24.9 Å². The Morgan fingerprint density at radius 2 is 2.47 bits per heavy atom. The average Bonchev–Trinajstić information content (AvgIpc) is 2.28. The number of nitrogens with one attached hydrogen (secondary N) is 1. The van der Waals surface area contributed by atoms with Crippen LogP contribution in [-0.4, -0.2) is 17.6 Å². The largest absolute Gasteiger partial charge is 0.314 e. The molecule has 0 saturated carbocycles. The van der Waals surface area contributed by atoms with Crippen LogP contribution in [0.15, 0.2) is 24.5 Å². The maximum Gasteiger partial charge on any atom is 0.0300 e. The molecule has 1 unspecified atom stereocenters. The molecule has 80 valence electrons. The van der Waals surface area contributed by atoms with E-state index in [9.17, 15) is 0 Å². The average molecular weight is 202 g/mol. The molecule has 2 heteroatoms. The molecule has 0 spiro atoms. The highest BCUT2D eigenvalue weighted by Crippen LogP contribution is 2.06.